The number of aromatic nitrogens is 1. The molecular weight excluding hydrogens is 186 g/mol. The molecule has 1 aromatic heterocycles. The lowest BCUT2D eigenvalue weighted by molar-refractivity contribution is 0.857. The Morgan fingerprint density at radius 3 is 2.67 bits per heavy atom. The molecule has 0 unspecified atom stereocenters. The van der Waals surface area contributed by atoms with Gasteiger partial charge >= 0.3 is 0 Å². The van der Waals surface area contributed by atoms with Crippen LogP contribution in [0.5, 0.6) is 0 Å². The minimum Gasteiger partial charge on any atom is -0.318 e. The van der Waals surface area contributed by atoms with Gasteiger partial charge in [-0.3, -0.25) is 4.79 Å². The molecule has 0 radical (unpaired) electrons. The molecule has 2 aromatic rings. The second-order valence-corrected chi connectivity index (χ2v) is 3.97. The van der Waals surface area contributed by atoms with Crippen LogP contribution in [-0.2, 0) is 13.5 Å². The van der Waals surface area contributed by atoms with Crippen molar-refractivity contribution in [2.75, 3.05) is 0 Å². The van der Waals surface area contributed by atoms with Gasteiger partial charge in [-0.1, -0.05) is 24.6 Å². The molecule has 2 nitrogen and oxygen atoms in total. The number of rotatable bonds is 1. The summed E-state index contributed by atoms with van der Waals surface area (Å²) in [7, 11) is 1.81. The Kier molecular flexibility index (Phi) is 2.35. The first kappa shape index (κ1) is 9.97. The quantitative estimate of drug-likeness (QED) is 0.694. The molecule has 0 saturated carbocycles. The summed E-state index contributed by atoms with van der Waals surface area (Å²) < 4.78 is 1.66. The van der Waals surface area contributed by atoms with E-state index in [9.17, 15) is 4.79 Å². The molecule has 15 heavy (non-hydrogen) atoms. The number of benzene rings is 1. The van der Waals surface area contributed by atoms with Gasteiger partial charge in [0.25, 0.3) is 5.56 Å². The fourth-order valence-corrected chi connectivity index (χ4v) is 1.94. The highest BCUT2D eigenvalue weighted by molar-refractivity contribution is 5.85. The summed E-state index contributed by atoms with van der Waals surface area (Å²) in [5.74, 6) is 0. The lowest BCUT2D eigenvalue weighted by atomic mass is 10.0. The van der Waals surface area contributed by atoms with Gasteiger partial charge in [-0.2, -0.15) is 0 Å². The topological polar surface area (TPSA) is 22.0 Å². The minimum atomic E-state index is 0.0854. The molecule has 0 N–H and O–H groups in total. The summed E-state index contributed by atoms with van der Waals surface area (Å²) in [6, 6.07) is 6.00. The zero-order chi connectivity index (χ0) is 11.0. The van der Waals surface area contributed by atoms with E-state index in [4.69, 9.17) is 0 Å². The Hall–Kier alpha value is -1.57. The van der Waals surface area contributed by atoms with Crippen LogP contribution in [0.25, 0.3) is 10.8 Å². The van der Waals surface area contributed by atoms with E-state index in [-0.39, 0.29) is 5.56 Å². The minimum absolute atomic E-state index is 0.0854. The van der Waals surface area contributed by atoms with Crippen molar-refractivity contribution in [1.82, 2.24) is 4.57 Å². The number of nitrogens with zero attached hydrogens (tertiary/aromatic N) is 1. The smallest absolute Gasteiger partial charge is 0.258 e. The number of fused-ring (bicyclic) bond motifs is 1. The average molecular weight is 201 g/mol. The third kappa shape index (κ3) is 1.56. The molecule has 0 bridgehead atoms. The maximum Gasteiger partial charge on any atom is 0.258 e. The first-order chi connectivity index (χ1) is 7.13. The predicted molar refractivity (Wildman–Crippen MR) is 63.3 cm³/mol. The van der Waals surface area contributed by atoms with E-state index in [1.165, 1.54) is 11.1 Å². The number of hydrogen-bond donors (Lipinski definition) is 0. The maximum atomic E-state index is 11.9. The average Bonchev–Trinajstić information content (AvgIpc) is 2.23. The van der Waals surface area contributed by atoms with Gasteiger partial charge in [-0.15, -0.1) is 0 Å². The van der Waals surface area contributed by atoms with Gasteiger partial charge in [0.1, 0.15) is 0 Å². The first-order valence-corrected chi connectivity index (χ1v) is 5.22. The standard InChI is InChI=1S/C13H15NO/c1-4-10-8-14(3)13(15)11-6-5-9(2)7-12(10)11/h5-8H,4H2,1-3H3. The van der Waals surface area contributed by atoms with Crippen molar-refractivity contribution in [2.45, 2.75) is 20.3 Å². The molecule has 0 atom stereocenters. The zero-order valence-corrected chi connectivity index (χ0v) is 9.37. The summed E-state index contributed by atoms with van der Waals surface area (Å²) in [5.41, 5.74) is 2.52. The first-order valence-electron chi connectivity index (χ1n) is 5.22. The van der Waals surface area contributed by atoms with Crippen molar-refractivity contribution in [2.24, 2.45) is 7.05 Å². The van der Waals surface area contributed by atoms with E-state index in [2.05, 4.69) is 19.9 Å². The highest BCUT2D eigenvalue weighted by Gasteiger charge is 2.05. The summed E-state index contributed by atoms with van der Waals surface area (Å²) >= 11 is 0. The molecule has 0 spiro atoms. The van der Waals surface area contributed by atoms with Crippen LogP contribution in [0, 0.1) is 6.92 Å². The molecule has 0 fully saturated rings. The van der Waals surface area contributed by atoms with E-state index in [1.807, 2.05) is 18.3 Å². The highest BCUT2D eigenvalue weighted by atomic mass is 16.1. The predicted octanol–water partition coefficient (Wildman–Crippen LogP) is 2.41. The molecule has 78 valence electrons. The van der Waals surface area contributed by atoms with E-state index >= 15 is 0 Å². The summed E-state index contributed by atoms with van der Waals surface area (Å²) in [5, 5.41) is 1.92. The van der Waals surface area contributed by atoms with Crippen LogP contribution in [0.3, 0.4) is 0 Å². The number of hydrogen-bond acceptors (Lipinski definition) is 1. The summed E-state index contributed by atoms with van der Waals surface area (Å²) in [6.07, 6.45) is 2.89. The van der Waals surface area contributed by atoms with Crippen molar-refractivity contribution in [1.29, 1.82) is 0 Å². The lowest BCUT2D eigenvalue weighted by Crippen LogP contribution is -2.17. The zero-order valence-electron chi connectivity index (χ0n) is 9.37. The molecule has 1 heterocycles. The third-order valence-corrected chi connectivity index (χ3v) is 2.80. The van der Waals surface area contributed by atoms with Crippen LogP contribution in [-0.4, -0.2) is 4.57 Å². The molecule has 0 amide bonds. The molecule has 2 heteroatoms. The fourth-order valence-electron chi connectivity index (χ4n) is 1.94. The largest absolute Gasteiger partial charge is 0.318 e. The van der Waals surface area contributed by atoms with Gasteiger partial charge in [0, 0.05) is 18.6 Å². The Balaban J connectivity index is 2.96. The SMILES string of the molecule is CCc1cn(C)c(=O)c2ccc(C)cc12. The van der Waals surface area contributed by atoms with E-state index in [1.54, 1.807) is 11.6 Å². The van der Waals surface area contributed by atoms with Crippen molar-refractivity contribution >= 4 is 10.8 Å². The van der Waals surface area contributed by atoms with Gasteiger partial charge in [0.05, 0.1) is 0 Å². The molecule has 0 saturated heterocycles. The molecule has 1 aromatic carbocycles. The van der Waals surface area contributed by atoms with Crippen LogP contribution in [0.1, 0.15) is 18.1 Å². The van der Waals surface area contributed by atoms with Crippen molar-refractivity contribution in [3.8, 4) is 0 Å². The molecular formula is C13H15NO. The second-order valence-electron chi connectivity index (χ2n) is 3.97. The molecule has 0 aliphatic heterocycles. The van der Waals surface area contributed by atoms with Gasteiger partial charge in [-0.05, 0) is 30.4 Å². The van der Waals surface area contributed by atoms with E-state index in [0.29, 0.717) is 0 Å². The fraction of sp³-hybridized carbons (Fsp3) is 0.308. The van der Waals surface area contributed by atoms with Gasteiger partial charge in [0.15, 0.2) is 0 Å². The Labute approximate surface area is 89.2 Å². The summed E-state index contributed by atoms with van der Waals surface area (Å²) in [4.78, 5) is 11.9. The second kappa shape index (κ2) is 3.54. The van der Waals surface area contributed by atoms with Crippen molar-refractivity contribution in [3.05, 3.63) is 45.9 Å². The molecule has 0 aliphatic rings. The highest BCUT2D eigenvalue weighted by Crippen LogP contribution is 2.17. The van der Waals surface area contributed by atoms with E-state index in [0.717, 1.165) is 17.2 Å². The third-order valence-electron chi connectivity index (χ3n) is 2.80. The van der Waals surface area contributed by atoms with Crippen molar-refractivity contribution < 1.29 is 0 Å². The Morgan fingerprint density at radius 1 is 1.27 bits per heavy atom. The Bertz CT molecular complexity index is 566. The van der Waals surface area contributed by atoms with Gasteiger partial charge in [0.2, 0.25) is 0 Å². The van der Waals surface area contributed by atoms with Crippen LogP contribution < -0.4 is 5.56 Å². The Morgan fingerprint density at radius 2 is 2.00 bits per heavy atom. The molecule has 0 aliphatic carbocycles. The van der Waals surface area contributed by atoms with E-state index < -0.39 is 0 Å². The molecule has 2 rings (SSSR count). The monoisotopic (exact) mass is 201 g/mol. The van der Waals surface area contributed by atoms with Crippen LogP contribution >= 0.6 is 0 Å². The van der Waals surface area contributed by atoms with Crippen LogP contribution in [0.4, 0.5) is 0 Å². The van der Waals surface area contributed by atoms with Gasteiger partial charge in [-0.25, -0.2) is 0 Å². The number of aryl methyl sites for hydroxylation is 3. The lowest BCUT2D eigenvalue weighted by Gasteiger charge is -2.07. The number of pyridine rings is 1. The normalized spacial score (nSPS) is 10.9. The van der Waals surface area contributed by atoms with Crippen LogP contribution in [0.15, 0.2) is 29.2 Å². The maximum absolute atomic E-state index is 11.9. The summed E-state index contributed by atoms with van der Waals surface area (Å²) in [6.45, 7) is 4.16. The van der Waals surface area contributed by atoms with Crippen LogP contribution in [0.2, 0.25) is 0 Å². The van der Waals surface area contributed by atoms with Gasteiger partial charge < -0.3 is 4.57 Å². The van der Waals surface area contributed by atoms with Crippen molar-refractivity contribution in [3.63, 3.8) is 0 Å².